The minimum atomic E-state index is -3.48. The van der Waals surface area contributed by atoms with Crippen molar-refractivity contribution in [3.8, 4) is 0 Å². The molecule has 1 N–H and O–H groups in total. The van der Waals surface area contributed by atoms with Gasteiger partial charge in [0.1, 0.15) is 0 Å². The molecule has 1 aliphatic heterocycles. The van der Waals surface area contributed by atoms with Crippen LogP contribution in [-0.2, 0) is 22.9 Å². The first kappa shape index (κ1) is 15.2. The first-order chi connectivity index (χ1) is 11.1. The summed E-state index contributed by atoms with van der Waals surface area (Å²) >= 11 is 1.80. The predicted molar refractivity (Wildman–Crippen MR) is 93.3 cm³/mol. The highest BCUT2D eigenvalue weighted by atomic mass is 32.2. The molecule has 0 saturated carbocycles. The van der Waals surface area contributed by atoms with E-state index < -0.39 is 10.0 Å². The fourth-order valence-corrected chi connectivity index (χ4v) is 5.86. The van der Waals surface area contributed by atoms with E-state index >= 15 is 0 Å². The third kappa shape index (κ3) is 2.93. The summed E-state index contributed by atoms with van der Waals surface area (Å²) in [7, 11) is -3.48. The average Bonchev–Trinajstić information content (AvgIpc) is 3.02. The van der Waals surface area contributed by atoms with Crippen molar-refractivity contribution in [2.24, 2.45) is 0 Å². The Morgan fingerprint density at radius 2 is 1.87 bits per heavy atom. The SMILES string of the molecule is O=S(=O)(NC1CCSc2ccccc21)c1ccc2c(c1)CCC2. The van der Waals surface area contributed by atoms with Crippen molar-refractivity contribution >= 4 is 21.8 Å². The van der Waals surface area contributed by atoms with Gasteiger partial charge < -0.3 is 0 Å². The number of hydrogen-bond donors (Lipinski definition) is 1. The van der Waals surface area contributed by atoms with Crippen LogP contribution in [0.4, 0.5) is 0 Å². The molecule has 0 amide bonds. The van der Waals surface area contributed by atoms with Crippen molar-refractivity contribution < 1.29 is 8.42 Å². The van der Waals surface area contributed by atoms with Gasteiger partial charge in [-0.05, 0) is 66.3 Å². The van der Waals surface area contributed by atoms with Gasteiger partial charge in [-0.15, -0.1) is 11.8 Å². The Morgan fingerprint density at radius 3 is 2.78 bits per heavy atom. The van der Waals surface area contributed by atoms with Crippen molar-refractivity contribution in [2.75, 3.05) is 5.75 Å². The highest BCUT2D eigenvalue weighted by molar-refractivity contribution is 7.99. The van der Waals surface area contributed by atoms with E-state index in [0.717, 1.165) is 37.0 Å². The van der Waals surface area contributed by atoms with Gasteiger partial charge in [0.25, 0.3) is 0 Å². The lowest BCUT2D eigenvalue weighted by molar-refractivity contribution is 0.546. The van der Waals surface area contributed by atoms with Gasteiger partial charge in [0, 0.05) is 10.9 Å². The minimum absolute atomic E-state index is 0.134. The summed E-state index contributed by atoms with van der Waals surface area (Å²) in [5.74, 6) is 0.939. The summed E-state index contributed by atoms with van der Waals surface area (Å²) in [4.78, 5) is 1.58. The molecule has 2 aliphatic rings. The molecule has 2 aromatic rings. The number of fused-ring (bicyclic) bond motifs is 2. The summed E-state index contributed by atoms with van der Waals surface area (Å²) in [5.41, 5.74) is 3.57. The summed E-state index contributed by atoms with van der Waals surface area (Å²) in [5, 5.41) is 0. The Labute approximate surface area is 141 Å². The molecule has 4 rings (SSSR count). The van der Waals surface area contributed by atoms with E-state index in [1.54, 1.807) is 17.8 Å². The lowest BCUT2D eigenvalue weighted by Crippen LogP contribution is -2.30. The monoisotopic (exact) mass is 345 g/mol. The van der Waals surface area contributed by atoms with Crippen LogP contribution in [0.3, 0.4) is 0 Å². The fraction of sp³-hybridized carbons (Fsp3) is 0.333. The minimum Gasteiger partial charge on any atom is -0.207 e. The van der Waals surface area contributed by atoms with Crippen molar-refractivity contribution in [3.63, 3.8) is 0 Å². The molecule has 0 aromatic heterocycles. The molecule has 0 spiro atoms. The molecule has 1 atom stereocenters. The van der Waals surface area contributed by atoms with Gasteiger partial charge >= 0.3 is 0 Å². The quantitative estimate of drug-likeness (QED) is 0.923. The van der Waals surface area contributed by atoms with Crippen LogP contribution in [0, 0.1) is 0 Å². The number of sulfonamides is 1. The zero-order valence-corrected chi connectivity index (χ0v) is 14.4. The standard InChI is InChI=1S/C18H19NO2S2/c20-23(21,15-9-8-13-4-3-5-14(13)12-15)19-17-10-11-22-18-7-2-1-6-16(17)18/h1-2,6-9,12,17,19H,3-5,10-11H2. The van der Waals surface area contributed by atoms with Gasteiger partial charge in [0.2, 0.25) is 10.0 Å². The van der Waals surface area contributed by atoms with Crippen molar-refractivity contribution in [1.29, 1.82) is 0 Å². The molecule has 23 heavy (non-hydrogen) atoms. The molecule has 1 heterocycles. The lowest BCUT2D eigenvalue weighted by atomic mass is 10.1. The molecular weight excluding hydrogens is 326 g/mol. The van der Waals surface area contributed by atoms with Gasteiger partial charge in [-0.2, -0.15) is 0 Å². The van der Waals surface area contributed by atoms with E-state index in [0.29, 0.717) is 4.90 Å². The van der Waals surface area contributed by atoms with Crippen LogP contribution < -0.4 is 4.72 Å². The Hall–Kier alpha value is -1.30. The van der Waals surface area contributed by atoms with Gasteiger partial charge in [-0.3, -0.25) is 0 Å². The van der Waals surface area contributed by atoms with E-state index in [2.05, 4.69) is 10.8 Å². The molecule has 2 aromatic carbocycles. The van der Waals surface area contributed by atoms with E-state index in [4.69, 9.17) is 0 Å². The van der Waals surface area contributed by atoms with Gasteiger partial charge in [0.15, 0.2) is 0 Å². The number of thioether (sulfide) groups is 1. The second-order valence-corrected chi connectivity index (χ2v) is 8.98. The zero-order valence-electron chi connectivity index (χ0n) is 12.8. The smallest absolute Gasteiger partial charge is 0.207 e. The molecule has 1 unspecified atom stereocenters. The number of rotatable bonds is 3. The Bertz CT molecular complexity index is 846. The molecule has 120 valence electrons. The van der Waals surface area contributed by atoms with Crippen LogP contribution >= 0.6 is 11.8 Å². The largest absolute Gasteiger partial charge is 0.241 e. The predicted octanol–water partition coefficient (Wildman–Crippen LogP) is 3.69. The Kier molecular flexibility index (Phi) is 3.95. The highest BCUT2D eigenvalue weighted by Crippen LogP contribution is 2.36. The van der Waals surface area contributed by atoms with Gasteiger partial charge in [0.05, 0.1) is 4.90 Å². The maximum atomic E-state index is 12.8. The van der Waals surface area contributed by atoms with Crippen molar-refractivity contribution in [3.05, 3.63) is 59.2 Å². The lowest BCUT2D eigenvalue weighted by Gasteiger charge is -2.25. The van der Waals surface area contributed by atoms with Crippen LogP contribution in [-0.4, -0.2) is 14.2 Å². The van der Waals surface area contributed by atoms with E-state index in [-0.39, 0.29) is 6.04 Å². The Balaban J connectivity index is 1.63. The molecular formula is C18H19NO2S2. The third-order valence-electron chi connectivity index (χ3n) is 4.64. The summed E-state index contributed by atoms with van der Waals surface area (Å²) in [6.45, 7) is 0. The Morgan fingerprint density at radius 1 is 1.04 bits per heavy atom. The molecule has 0 bridgehead atoms. The van der Waals surface area contributed by atoms with Crippen LogP contribution in [0.5, 0.6) is 0 Å². The normalized spacial score (nSPS) is 20.1. The topological polar surface area (TPSA) is 46.2 Å². The molecule has 1 aliphatic carbocycles. The number of benzene rings is 2. The van der Waals surface area contributed by atoms with Crippen LogP contribution in [0.1, 0.15) is 35.6 Å². The van der Waals surface area contributed by atoms with E-state index in [1.807, 2.05) is 30.3 Å². The molecule has 0 saturated heterocycles. The zero-order chi connectivity index (χ0) is 15.9. The average molecular weight is 345 g/mol. The number of nitrogens with one attached hydrogen (secondary N) is 1. The first-order valence-electron chi connectivity index (χ1n) is 7.99. The number of aryl methyl sites for hydroxylation is 2. The van der Waals surface area contributed by atoms with Gasteiger partial charge in [-0.25, -0.2) is 13.1 Å². The van der Waals surface area contributed by atoms with Crippen LogP contribution in [0.2, 0.25) is 0 Å². The highest BCUT2D eigenvalue weighted by Gasteiger charge is 2.26. The van der Waals surface area contributed by atoms with E-state index in [9.17, 15) is 8.42 Å². The van der Waals surface area contributed by atoms with Crippen molar-refractivity contribution in [2.45, 2.75) is 41.5 Å². The first-order valence-corrected chi connectivity index (χ1v) is 10.5. The second kappa shape index (κ2) is 5.96. The second-order valence-electron chi connectivity index (χ2n) is 6.13. The summed E-state index contributed by atoms with van der Waals surface area (Å²) in [6.07, 6.45) is 4.00. The third-order valence-corrected chi connectivity index (χ3v) is 7.23. The molecule has 0 fully saturated rings. The maximum absolute atomic E-state index is 12.8. The van der Waals surface area contributed by atoms with Crippen molar-refractivity contribution in [1.82, 2.24) is 4.72 Å². The van der Waals surface area contributed by atoms with Gasteiger partial charge in [-0.1, -0.05) is 24.3 Å². The molecule has 0 radical (unpaired) electrons. The molecule has 5 heteroatoms. The maximum Gasteiger partial charge on any atom is 0.241 e. The van der Waals surface area contributed by atoms with E-state index in [1.165, 1.54) is 16.0 Å². The fourth-order valence-electron chi connectivity index (χ4n) is 3.44. The number of hydrogen-bond acceptors (Lipinski definition) is 3. The summed E-state index contributed by atoms with van der Waals surface area (Å²) < 4.78 is 28.5. The molecule has 3 nitrogen and oxygen atoms in total. The van der Waals surface area contributed by atoms with Crippen LogP contribution in [0.25, 0.3) is 0 Å². The summed E-state index contributed by atoms with van der Waals surface area (Å²) in [6, 6.07) is 13.5. The van der Waals surface area contributed by atoms with Crippen LogP contribution in [0.15, 0.2) is 52.3 Å².